The summed E-state index contributed by atoms with van der Waals surface area (Å²) in [6, 6.07) is 0.782. The molecule has 1 heterocycles. The molecule has 0 amide bonds. The molecule has 78 valence electrons. The molecule has 1 aliphatic carbocycles. The first-order valence-electron chi connectivity index (χ1n) is 5.23. The molecule has 14 heavy (non-hydrogen) atoms. The Hall–Kier alpha value is -0.410. The third-order valence-corrected chi connectivity index (χ3v) is 3.31. The molecule has 1 N–H and O–H groups in total. The van der Waals surface area contributed by atoms with E-state index in [4.69, 9.17) is 0 Å². The number of rotatable bonds is 3. The van der Waals surface area contributed by atoms with Crippen molar-refractivity contribution in [1.82, 2.24) is 10.3 Å². The van der Waals surface area contributed by atoms with Crippen molar-refractivity contribution in [3.63, 3.8) is 0 Å². The molecule has 0 spiro atoms. The summed E-state index contributed by atoms with van der Waals surface area (Å²) in [5.74, 6) is 0. The molecule has 0 aromatic carbocycles. The van der Waals surface area contributed by atoms with Gasteiger partial charge in [0.2, 0.25) is 0 Å². The summed E-state index contributed by atoms with van der Waals surface area (Å²) in [5, 5.41) is 3.54. The van der Waals surface area contributed by atoms with Gasteiger partial charge in [0, 0.05) is 22.9 Å². The summed E-state index contributed by atoms with van der Waals surface area (Å²) in [4.78, 5) is 5.87. The van der Waals surface area contributed by atoms with Gasteiger partial charge in [0.25, 0.3) is 0 Å². The molecule has 0 atom stereocenters. The Morgan fingerprint density at radius 3 is 2.79 bits per heavy atom. The molecule has 1 aromatic rings. The second-order valence-electron chi connectivity index (χ2n) is 5.03. The smallest absolute Gasteiger partial charge is 0.0798 e. The van der Waals surface area contributed by atoms with Crippen LogP contribution in [-0.2, 0) is 12.0 Å². The maximum absolute atomic E-state index is 4.46. The second-order valence-corrected chi connectivity index (χ2v) is 5.97. The first-order chi connectivity index (χ1) is 6.57. The van der Waals surface area contributed by atoms with Gasteiger partial charge in [-0.05, 0) is 12.8 Å². The molecule has 0 radical (unpaired) electrons. The van der Waals surface area contributed by atoms with Gasteiger partial charge in [-0.1, -0.05) is 20.8 Å². The lowest BCUT2D eigenvalue weighted by Crippen LogP contribution is -2.19. The van der Waals surface area contributed by atoms with Crippen LogP contribution in [0.1, 0.15) is 44.2 Å². The van der Waals surface area contributed by atoms with E-state index in [2.05, 4.69) is 31.1 Å². The van der Waals surface area contributed by atoms with Gasteiger partial charge < -0.3 is 5.32 Å². The maximum Gasteiger partial charge on any atom is 0.0798 e. The lowest BCUT2D eigenvalue weighted by Gasteiger charge is -2.17. The predicted octanol–water partition coefficient (Wildman–Crippen LogP) is 2.69. The van der Waals surface area contributed by atoms with Gasteiger partial charge >= 0.3 is 0 Å². The molecule has 1 aromatic heterocycles. The van der Waals surface area contributed by atoms with Crippen molar-refractivity contribution >= 4 is 11.3 Å². The van der Waals surface area contributed by atoms with Crippen molar-refractivity contribution in [3.8, 4) is 0 Å². The average molecular weight is 210 g/mol. The molecule has 0 bridgehead atoms. The Bertz CT molecular complexity index is 307. The van der Waals surface area contributed by atoms with Gasteiger partial charge in [-0.3, -0.25) is 0 Å². The standard InChI is InChI=1S/C11H18N2S/c1-11(2,3)10-9(14-7-13-10)6-12-8-4-5-8/h7-8,12H,4-6H2,1-3H3. The molecular weight excluding hydrogens is 192 g/mol. The lowest BCUT2D eigenvalue weighted by molar-refractivity contribution is 0.559. The monoisotopic (exact) mass is 210 g/mol. The molecule has 3 heteroatoms. The highest BCUT2D eigenvalue weighted by atomic mass is 32.1. The number of hydrogen-bond donors (Lipinski definition) is 1. The lowest BCUT2D eigenvalue weighted by atomic mass is 9.91. The van der Waals surface area contributed by atoms with E-state index < -0.39 is 0 Å². The summed E-state index contributed by atoms with van der Waals surface area (Å²) in [5.41, 5.74) is 3.40. The van der Waals surface area contributed by atoms with E-state index in [-0.39, 0.29) is 5.41 Å². The minimum absolute atomic E-state index is 0.181. The van der Waals surface area contributed by atoms with E-state index >= 15 is 0 Å². The number of hydrogen-bond acceptors (Lipinski definition) is 3. The van der Waals surface area contributed by atoms with E-state index in [1.54, 1.807) is 11.3 Å². The molecule has 0 aliphatic heterocycles. The predicted molar refractivity (Wildman–Crippen MR) is 60.7 cm³/mol. The van der Waals surface area contributed by atoms with Crippen LogP contribution in [0, 0.1) is 0 Å². The fourth-order valence-corrected chi connectivity index (χ4v) is 2.45. The van der Waals surface area contributed by atoms with E-state index in [9.17, 15) is 0 Å². The van der Waals surface area contributed by atoms with Gasteiger partial charge in [0.1, 0.15) is 0 Å². The quantitative estimate of drug-likeness (QED) is 0.829. The van der Waals surface area contributed by atoms with Crippen LogP contribution >= 0.6 is 11.3 Å². The van der Waals surface area contributed by atoms with Crippen molar-refractivity contribution < 1.29 is 0 Å². The van der Waals surface area contributed by atoms with Crippen LogP contribution in [0.3, 0.4) is 0 Å². The average Bonchev–Trinajstić information content (AvgIpc) is 2.77. The fraction of sp³-hybridized carbons (Fsp3) is 0.727. The van der Waals surface area contributed by atoms with Crippen LogP contribution in [0.5, 0.6) is 0 Å². The molecule has 2 rings (SSSR count). The minimum atomic E-state index is 0.181. The van der Waals surface area contributed by atoms with E-state index in [0.29, 0.717) is 0 Å². The van der Waals surface area contributed by atoms with Gasteiger partial charge in [0.05, 0.1) is 11.2 Å². The first kappa shape index (κ1) is 10.1. The van der Waals surface area contributed by atoms with E-state index in [1.165, 1.54) is 23.4 Å². The normalized spacial score (nSPS) is 17.4. The molecule has 0 unspecified atom stereocenters. The number of aromatic nitrogens is 1. The highest BCUT2D eigenvalue weighted by molar-refractivity contribution is 7.09. The van der Waals surface area contributed by atoms with Gasteiger partial charge in [0.15, 0.2) is 0 Å². The molecule has 1 fully saturated rings. The summed E-state index contributed by atoms with van der Waals surface area (Å²) < 4.78 is 0. The Kier molecular flexibility index (Phi) is 2.62. The summed E-state index contributed by atoms with van der Waals surface area (Å²) in [7, 11) is 0. The minimum Gasteiger partial charge on any atom is -0.309 e. The SMILES string of the molecule is CC(C)(C)c1ncsc1CNC1CC1. The van der Waals surface area contributed by atoms with Crippen LogP contribution in [-0.4, -0.2) is 11.0 Å². The Morgan fingerprint density at radius 2 is 2.21 bits per heavy atom. The summed E-state index contributed by atoms with van der Waals surface area (Å²) >= 11 is 1.77. The van der Waals surface area contributed by atoms with Gasteiger partial charge in [-0.15, -0.1) is 11.3 Å². The van der Waals surface area contributed by atoms with Crippen molar-refractivity contribution in [1.29, 1.82) is 0 Å². The van der Waals surface area contributed by atoms with Crippen LogP contribution in [0.15, 0.2) is 5.51 Å². The van der Waals surface area contributed by atoms with Gasteiger partial charge in [-0.2, -0.15) is 0 Å². The molecular formula is C11H18N2S. The molecule has 0 saturated heterocycles. The molecule has 2 nitrogen and oxygen atoms in total. The summed E-state index contributed by atoms with van der Waals surface area (Å²) in [6.07, 6.45) is 2.70. The zero-order chi connectivity index (χ0) is 10.2. The third kappa shape index (κ3) is 2.34. The van der Waals surface area contributed by atoms with Crippen molar-refractivity contribution in [2.75, 3.05) is 0 Å². The highest BCUT2D eigenvalue weighted by Crippen LogP contribution is 2.28. The summed E-state index contributed by atoms with van der Waals surface area (Å²) in [6.45, 7) is 7.68. The van der Waals surface area contributed by atoms with Crippen LogP contribution in [0.2, 0.25) is 0 Å². The Balaban J connectivity index is 2.04. The van der Waals surface area contributed by atoms with E-state index in [1.807, 2.05) is 5.51 Å². The third-order valence-electron chi connectivity index (χ3n) is 2.48. The number of thiazole rings is 1. The Labute approximate surface area is 89.8 Å². The zero-order valence-electron chi connectivity index (χ0n) is 9.13. The topological polar surface area (TPSA) is 24.9 Å². The second kappa shape index (κ2) is 3.63. The largest absolute Gasteiger partial charge is 0.309 e. The van der Waals surface area contributed by atoms with Crippen LogP contribution in [0.4, 0.5) is 0 Å². The first-order valence-corrected chi connectivity index (χ1v) is 6.11. The van der Waals surface area contributed by atoms with Crippen molar-refractivity contribution in [2.24, 2.45) is 0 Å². The van der Waals surface area contributed by atoms with Crippen molar-refractivity contribution in [2.45, 2.75) is 51.6 Å². The zero-order valence-corrected chi connectivity index (χ0v) is 9.95. The highest BCUT2D eigenvalue weighted by Gasteiger charge is 2.24. The van der Waals surface area contributed by atoms with Crippen molar-refractivity contribution in [3.05, 3.63) is 16.1 Å². The fourth-order valence-electron chi connectivity index (χ4n) is 1.53. The van der Waals surface area contributed by atoms with Crippen LogP contribution in [0.25, 0.3) is 0 Å². The number of nitrogens with one attached hydrogen (secondary N) is 1. The molecule has 1 aliphatic rings. The number of nitrogens with zero attached hydrogens (tertiary/aromatic N) is 1. The maximum atomic E-state index is 4.46. The van der Waals surface area contributed by atoms with Crippen LogP contribution < -0.4 is 5.32 Å². The van der Waals surface area contributed by atoms with E-state index in [0.717, 1.165) is 12.6 Å². The van der Waals surface area contributed by atoms with Gasteiger partial charge in [-0.25, -0.2) is 4.98 Å². The Morgan fingerprint density at radius 1 is 1.50 bits per heavy atom. The molecule has 1 saturated carbocycles.